The number of methoxy groups -OCH3 is 1. The van der Waals surface area contributed by atoms with Crippen molar-refractivity contribution in [3.8, 4) is 5.75 Å². The highest BCUT2D eigenvalue weighted by Crippen LogP contribution is 2.39. The number of carbonyl (C=O) groups excluding carboxylic acids is 7. The highest BCUT2D eigenvalue weighted by molar-refractivity contribution is 6.37. The zero-order chi connectivity index (χ0) is 44.1. The van der Waals surface area contributed by atoms with Gasteiger partial charge in [0.1, 0.15) is 12.2 Å². The van der Waals surface area contributed by atoms with E-state index in [-0.39, 0.29) is 34.4 Å². The summed E-state index contributed by atoms with van der Waals surface area (Å²) in [4.78, 5) is 90.6. The second kappa shape index (κ2) is 21.3. The van der Waals surface area contributed by atoms with E-state index in [1.807, 2.05) is 30.3 Å². The van der Waals surface area contributed by atoms with Crippen LogP contribution >= 0.6 is 23.2 Å². The first kappa shape index (κ1) is 46.7. The fourth-order valence-corrected chi connectivity index (χ4v) is 7.10. The lowest BCUT2D eigenvalue weighted by atomic mass is 9.81. The van der Waals surface area contributed by atoms with Crippen LogP contribution in [0.4, 0.5) is 0 Å². The van der Waals surface area contributed by atoms with Crippen LogP contribution in [0.5, 0.6) is 5.75 Å². The zero-order valence-corrected chi connectivity index (χ0v) is 34.8. The summed E-state index contributed by atoms with van der Waals surface area (Å²) in [5.41, 5.74) is -0.247. The molecular formula is C42H45Cl2N3O13. The normalized spacial score (nSPS) is 19.6. The molecule has 60 heavy (non-hydrogen) atoms. The summed E-state index contributed by atoms with van der Waals surface area (Å²) < 4.78 is 28.7. The first-order valence-corrected chi connectivity index (χ1v) is 19.3. The minimum absolute atomic E-state index is 0.0942. The Hall–Kier alpha value is -5.97. The van der Waals surface area contributed by atoms with Crippen molar-refractivity contribution in [3.63, 3.8) is 0 Å². The standard InChI is InChI=1S/C42H45Cl2N3O13/c1-23(48)47-35-33(57-24(2)49)20-42(41(55)56-5,16-10-14-27-13-9-15-29(17-27)39(53)45-21-28-11-7-6-8-12-28)60-38(35)37(59-26(4)51)34(58-25(3)50)22-46-40(54)30-18-31(43)36(52)32(44)19-30/h6-15,17-19,33-35,37-38,52H,16,20-22H2,1-5H3,(H,45,53)(H,46,54)(H,47,48)/b14-10+/t33-,34+,35+,37+,38+,42+/m0/s1. The molecule has 4 rings (SSSR count). The average Bonchev–Trinajstić information content (AvgIpc) is 3.19. The van der Waals surface area contributed by atoms with E-state index in [4.69, 9.17) is 46.9 Å². The molecule has 0 unspecified atom stereocenters. The maximum Gasteiger partial charge on any atom is 0.338 e. The minimum atomic E-state index is -2.00. The molecule has 1 aliphatic rings. The van der Waals surface area contributed by atoms with Gasteiger partial charge >= 0.3 is 23.9 Å². The lowest BCUT2D eigenvalue weighted by molar-refractivity contribution is -0.239. The summed E-state index contributed by atoms with van der Waals surface area (Å²) in [6.07, 6.45) is -3.67. The summed E-state index contributed by atoms with van der Waals surface area (Å²) in [5.74, 6) is -5.76. The fraction of sp³-hybridized carbons (Fsp3) is 0.357. The average molecular weight is 871 g/mol. The summed E-state index contributed by atoms with van der Waals surface area (Å²) in [7, 11) is 1.10. The topological polar surface area (TPSA) is 222 Å². The maximum absolute atomic E-state index is 13.9. The maximum atomic E-state index is 13.9. The third-order valence-corrected chi connectivity index (χ3v) is 9.72. The van der Waals surface area contributed by atoms with Crippen molar-refractivity contribution >= 4 is 70.9 Å². The molecule has 0 radical (unpaired) electrons. The Morgan fingerprint density at radius 2 is 1.50 bits per heavy atom. The van der Waals surface area contributed by atoms with E-state index in [1.54, 1.807) is 36.4 Å². The number of rotatable bonds is 16. The van der Waals surface area contributed by atoms with E-state index in [9.17, 15) is 38.7 Å². The molecule has 1 saturated heterocycles. The predicted octanol–water partition coefficient (Wildman–Crippen LogP) is 4.46. The Balaban J connectivity index is 1.73. The molecule has 4 N–H and O–H groups in total. The molecular weight excluding hydrogens is 825 g/mol. The smallest absolute Gasteiger partial charge is 0.338 e. The number of nitrogens with one attached hydrogen (secondary N) is 3. The minimum Gasteiger partial charge on any atom is -0.505 e. The number of aromatic hydroxyl groups is 1. The van der Waals surface area contributed by atoms with Crippen LogP contribution in [0.1, 0.15) is 72.4 Å². The van der Waals surface area contributed by atoms with Gasteiger partial charge in [-0.1, -0.05) is 77.8 Å². The molecule has 0 aromatic heterocycles. The van der Waals surface area contributed by atoms with Gasteiger partial charge in [-0.05, 0) is 35.4 Å². The number of hydrogen-bond acceptors (Lipinski definition) is 13. The lowest BCUT2D eigenvalue weighted by Crippen LogP contribution is -2.68. The Morgan fingerprint density at radius 1 is 0.850 bits per heavy atom. The number of carbonyl (C=O) groups is 7. The van der Waals surface area contributed by atoms with Gasteiger partial charge in [0, 0.05) is 58.2 Å². The van der Waals surface area contributed by atoms with Crippen molar-refractivity contribution in [1.29, 1.82) is 0 Å². The molecule has 1 aliphatic heterocycles. The molecule has 1 fully saturated rings. The van der Waals surface area contributed by atoms with Crippen LogP contribution in [-0.2, 0) is 54.2 Å². The van der Waals surface area contributed by atoms with Crippen molar-refractivity contribution in [2.24, 2.45) is 0 Å². The lowest BCUT2D eigenvalue weighted by Gasteiger charge is -2.49. The molecule has 0 saturated carbocycles. The van der Waals surface area contributed by atoms with Gasteiger partial charge in [-0.25, -0.2) is 4.79 Å². The monoisotopic (exact) mass is 869 g/mol. The van der Waals surface area contributed by atoms with Gasteiger partial charge in [0.15, 0.2) is 23.6 Å². The number of ether oxygens (including phenoxy) is 5. The Morgan fingerprint density at radius 3 is 2.10 bits per heavy atom. The Labute approximate surface area is 355 Å². The van der Waals surface area contributed by atoms with E-state index < -0.39 is 84.0 Å². The second-order valence-corrected chi connectivity index (χ2v) is 14.6. The number of phenolic OH excluding ortho intramolecular Hbond substituents is 1. The number of benzene rings is 3. The number of amides is 3. The van der Waals surface area contributed by atoms with Crippen LogP contribution in [-0.4, -0.2) is 96.4 Å². The highest BCUT2D eigenvalue weighted by Gasteiger charge is 2.57. The van der Waals surface area contributed by atoms with Crippen molar-refractivity contribution in [2.75, 3.05) is 13.7 Å². The number of esters is 4. The molecule has 1 heterocycles. The van der Waals surface area contributed by atoms with Crippen LogP contribution in [0.2, 0.25) is 10.0 Å². The number of hydrogen-bond donors (Lipinski definition) is 4. The van der Waals surface area contributed by atoms with E-state index in [1.165, 1.54) is 6.92 Å². The highest BCUT2D eigenvalue weighted by atomic mass is 35.5. The summed E-state index contributed by atoms with van der Waals surface area (Å²) in [6.45, 7) is 4.13. The Bertz CT molecular complexity index is 2090. The summed E-state index contributed by atoms with van der Waals surface area (Å²) >= 11 is 12.0. The van der Waals surface area contributed by atoms with Crippen LogP contribution in [0.15, 0.2) is 72.8 Å². The number of phenols is 1. The predicted molar refractivity (Wildman–Crippen MR) is 217 cm³/mol. The molecule has 0 aliphatic carbocycles. The van der Waals surface area contributed by atoms with Crippen molar-refractivity contribution in [1.82, 2.24) is 16.0 Å². The fourth-order valence-electron chi connectivity index (χ4n) is 6.61. The second-order valence-electron chi connectivity index (χ2n) is 13.8. The van der Waals surface area contributed by atoms with Gasteiger partial charge < -0.3 is 44.7 Å². The van der Waals surface area contributed by atoms with Crippen molar-refractivity contribution in [2.45, 2.75) is 83.1 Å². The van der Waals surface area contributed by atoms with Crippen molar-refractivity contribution < 1.29 is 62.4 Å². The molecule has 3 amide bonds. The first-order chi connectivity index (χ1) is 28.4. The third-order valence-electron chi connectivity index (χ3n) is 9.15. The molecule has 18 heteroatoms. The molecule has 3 aromatic carbocycles. The molecule has 320 valence electrons. The molecule has 0 spiro atoms. The molecule has 0 bridgehead atoms. The van der Waals surface area contributed by atoms with Gasteiger partial charge in [-0.2, -0.15) is 0 Å². The zero-order valence-electron chi connectivity index (χ0n) is 33.3. The van der Waals surface area contributed by atoms with Gasteiger partial charge in [-0.3, -0.25) is 28.8 Å². The molecule has 16 nitrogen and oxygen atoms in total. The summed E-state index contributed by atoms with van der Waals surface area (Å²) in [6, 6.07) is 17.0. The van der Waals surface area contributed by atoms with Crippen molar-refractivity contribution in [3.05, 3.63) is 105 Å². The van der Waals surface area contributed by atoms with Crippen LogP contribution in [0, 0.1) is 0 Å². The van der Waals surface area contributed by atoms with Gasteiger partial charge in [0.05, 0.1) is 29.7 Å². The number of halogens is 2. The van der Waals surface area contributed by atoms with Gasteiger partial charge in [0.2, 0.25) is 5.91 Å². The summed E-state index contributed by atoms with van der Waals surface area (Å²) in [5, 5.41) is 17.6. The largest absolute Gasteiger partial charge is 0.505 e. The SMILES string of the molecule is COC(=O)[C@@]1(C/C=C/c2cccc(C(=O)NCc3ccccc3)c2)C[C@H](OC(C)=O)[C@@H](NC(C)=O)[C@H]([C@H](OC(C)=O)[C@@H](CNC(=O)c2cc(Cl)c(O)c(Cl)c2)OC(C)=O)O1. The van der Waals surface area contributed by atoms with E-state index in [0.29, 0.717) is 17.7 Å². The Kier molecular flexibility index (Phi) is 16.6. The molecule has 3 aromatic rings. The first-order valence-electron chi connectivity index (χ1n) is 18.5. The van der Waals surface area contributed by atoms with Crippen LogP contribution < -0.4 is 16.0 Å². The van der Waals surface area contributed by atoms with E-state index in [2.05, 4.69) is 16.0 Å². The van der Waals surface area contributed by atoms with Crippen LogP contribution in [0.25, 0.3) is 6.08 Å². The van der Waals surface area contributed by atoms with E-state index in [0.717, 1.165) is 45.6 Å². The van der Waals surface area contributed by atoms with Gasteiger partial charge in [-0.15, -0.1) is 0 Å². The van der Waals surface area contributed by atoms with Crippen LogP contribution in [0.3, 0.4) is 0 Å². The molecule has 6 atom stereocenters. The van der Waals surface area contributed by atoms with E-state index >= 15 is 0 Å². The van der Waals surface area contributed by atoms with Gasteiger partial charge in [0.25, 0.3) is 11.8 Å². The third kappa shape index (κ3) is 12.8. The quantitative estimate of drug-likeness (QED) is 0.116.